The SMILES string of the molecule is Cc1cc(NC(=O)CCN2C(=O)[C@@H]3[C@H]4CC[C@H](C4)[C@@H]3C2=O)cc(C)c1Br. The van der Waals surface area contributed by atoms with Crippen LogP contribution in [0.15, 0.2) is 16.6 Å². The lowest BCUT2D eigenvalue weighted by Crippen LogP contribution is -2.35. The molecule has 3 aliphatic rings. The van der Waals surface area contributed by atoms with Crippen LogP contribution in [-0.2, 0) is 14.4 Å². The standard InChI is InChI=1S/C20H23BrN2O3/c1-10-7-14(8-11(2)18(10)21)22-15(24)5-6-23-19(25)16-12-3-4-13(9-12)17(16)20(23)26/h7-8,12-13,16-17H,3-6,9H2,1-2H3,(H,22,24)/t12-,13+,16+,17-. The molecule has 3 fully saturated rings. The van der Waals surface area contributed by atoms with E-state index in [0.29, 0.717) is 11.8 Å². The Morgan fingerprint density at radius 1 is 1.12 bits per heavy atom. The van der Waals surface area contributed by atoms with E-state index in [0.717, 1.165) is 40.5 Å². The first-order valence-corrected chi connectivity index (χ1v) is 10.1. The monoisotopic (exact) mass is 418 g/mol. The molecule has 1 saturated heterocycles. The summed E-state index contributed by atoms with van der Waals surface area (Å²) >= 11 is 3.51. The molecule has 0 unspecified atom stereocenters. The second-order valence-corrected chi connectivity index (χ2v) is 8.73. The molecule has 2 bridgehead atoms. The third-order valence-corrected chi connectivity index (χ3v) is 7.55. The number of rotatable bonds is 4. The van der Waals surface area contributed by atoms with E-state index in [9.17, 15) is 14.4 Å². The topological polar surface area (TPSA) is 66.5 Å². The predicted octanol–water partition coefficient (Wildman–Crippen LogP) is 3.43. The third kappa shape index (κ3) is 2.79. The van der Waals surface area contributed by atoms with Gasteiger partial charge in [-0.05, 0) is 68.2 Å². The maximum atomic E-state index is 12.7. The number of amides is 3. The number of nitrogens with one attached hydrogen (secondary N) is 1. The molecule has 0 aromatic heterocycles. The average molecular weight is 419 g/mol. The first-order chi connectivity index (χ1) is 12.4. The minimum Gasteiger partial charge on any atom is -0.326 e. The molecule has 2 saturated carbocycles. The van der Waals surface area contributed by atoms with E-state index in [1.165, 1.54) is 4.90 Å². The van der Waals surface area contributed by atoms with E-state index in [1.807, 2.05) is 26.0 Å². The summed E-state index contributed by atoms with van der Waals surface area (Å²) in [5, 5.41) is 2.88. The summed E-state index contributed by atoms with van der Waals surface area (Å²) in [6, 6.07) is 3.81. The summed E-state index contributed by atoms with van der Waals surface area (Å²) in [5.41, 5.74) is 2.84. The molecular weight excluding hydrogens is 396 g/mol. The van der Waals surface area contributed by atoms with Crippen LogP contribution in [0.4, 0.5) is 5.69 Å². The Bertz CT molecular complexity index is 755. The Morgan fingerprint density at radius 2 is 1.65 bits per heavy atom. The van der Waals surface area contributed by atoms with Crippen molar-refractivity contribution in [3.05, 3.63) is 27.7 Å². The van der Waals surface area contributed by atoms with Gasteiger partial charge in [0.25, 0.3) is 0 Å². The summed E-state index contributed by atoms with van der Waals surface area (Å²) in [6.45, 7) is 4.13. The number of nitrogens with zero attached hydrogens (tertiary/aromatic N) is 1. The number of carbonyl (C=O) groups is 3. The van der Waals surface area contributed by atoms with Crippen molar-refractivity contribution >= 4 is 39.3 Å². The van der Waals surface area contributed by atoms with Crippen LogP contribution < -0.4 is 5.32 Å². The summed E-state index contributed by atoms with van der Waals surface area (Å²) in [4.78, 5) is 39.0. The second kappa shape index (κ2) is 6.48. The van der Waals surface area contributed by atoms with Gasteiger partial charge in [0.2, 0.25) is 17.7 Å². The van der Waals surface area contributed by atoms with Gasteiger partial charge in [0.1, 0.15) is 0 Å². The quantitative estimate of drug-likeness (QED) is 0.761. The molecule has 1 heterocycles. The molecule has 1 aliphatic heterocycles. The Morgan fingerprint density at radius 3 is 2.19 bits per heavy atom. The van der Waals surface area contributed by atoms with Crippen LogP contribution in [-0.4, -0.2) is 29.2 Å². The summed E-state index contributed by atoms with van der Waals surface area (Å²) in [6.07, 6.45) is 3.31. The predicted molar refractivity (Wildman–Crippen MR) is 101 cm³/mol. The molecule has 1 N–H and O–H groups in total. The summed E-state index contributed by atoms with van der Waals surface area (Å²) in [5.74, 6) is 0.280. The molecule has 6 heteroatoms. The van der Waals surface area contributed by atoms with Crippen molar-refractivity contribution in [2.45, 2.75) is 39.5 Å². The van der Waals surface area contributed by atoms with Gasteiger partial charge in [-0.3, -0.25) is 19.3 Å². The number of benzene rings is 1. The highest BCUT2D eigenvalue weighted by atomic mass is 79.9. The Balaban J connectivity index is 1.38. The highest BCUT2D eigenvalue weighted by molar-refractivity contribution is 9.10. The Hall–Kier alpha value is -1.69. The van der Waals surface area contributed by atoms with Gasteiger partial charge in [0.05, 0.1) is 11.8 Å². The zero-order valence-corrected chi connectivity index (χ0v) is 16.6. The summed E-state index contributed by atoms with van der Waals surface area (Å²) in [7, 11) is 0. The molecule has 4 rings (SSSR count). The number of likely N-dealkylation sites (tertiary alicyclic amines) is 1. The minimum absolute atomic E-state index is 0.0460. The van der Waals surface area contributed by atoms with Gasteiger partial charge in [-0.15, -0.1) is 0 Å². The van der Waals surface area contributed by atoms with Crippen LogP contribution in [0.2, 0.25) is 0 Å². The molecular formula is C20H23BrN2O3. The van der Waals surface area contributed by atoms with Crippen molar-refractivity contribution in [3.63, 3.8) is 0 Å². The fraction of sp³-hybridized carbons (Fsp3) is 0.550. The van der Waals surface area contributed by atoms with Crippen LogP contribution in [0.5, 0.6) is 0 Å². The molecule has 0 spiro atoms. The van der Waals surface area contributed by atoms with E-state index < -0.39 is 0 Å². The fourth-order valence-electron chi connectivity index (χ4n) is 5.15. The first-order valence-electron chi connectivity index (χ1n) is 9.28. The largest absolute Gasteiger partial charge is 0.326 e. The zero-order valence-electron chi connectivity index (χ0n) is 15.0. The number of anilines is 1. The number of imide groups is 1. The highest BCUT2D eigenvalue weighted by Crippen LogP contribution is 2.56. The third-order valence-electron chi connectivity index (χ3n) is 6.30. The Kier molecular flexibility index (Phi) is 4.41. The van der Waals surface area contributed by atoms with Crippen molar-refractivity contribution in [2.75, 3.05) is 11.9 Å². The molecule has 138 valence electrons. The molecule has 1 aromatic rings. The van der Waals surface area contributed by atoms with Crippen LogP contribution in [0, 0.1) is 37.5 Å². The zero-order chi connectivity index (χ0) is 18.6. The fourth-order valence-corrected chi connectivity index (χ4v) is 5.37. The Labute approximate surface area is 161 Å². The average Bonchev–Trinajstić information content (AvgIpc) is 3.26. The number of fused-ring (bicyclic) bond motifs is 5. The maximum Gasteiger partial charge on any atom is 0.233 e. The maximum absolute atomic E-state index is 12.7. The summed E-state index contributed by atoms with van der Waals surface area (Å²) < 4.78 is 1.03. The second-order valence-electron chi connectivity index (χ2n) is 7.94. The molecule has 2 aliphatic carbocycles. The minimum atomic E-state index is -0.174. The smallest absolute Gasteiger partial charge is 0.233 e. The lowest BCUT2D eigenvalue weighted by Gasteiger charge is -2.19. The van der Waals surface area contributed by atoms with E-state index in [1.54, 1.807) is 0 Å². The number of hydrogen-bond donors (Lipinski definition) is 1. The number of hydrogen-bond acceptors (Lipinski definition) is 3. The first kappa shape index (κ1) is 17.7. The van der Waals surface area contributed by atoms with Crippen LogP contribution in [0.25, 0.3) is 0 Å². The normalized spacial score (nSPS) is 29.4. The van der Waals surface area contributed by atoms with Crippen molar-refractivity contribution in [2.24, 2.45) is 23.7 Å². The van der Waals surface area contributed by atoms with Gasteiger partial charge in [0.15, 0.2) is 0 Å². The van der Waals surface area contributed by atoms with Gasteiger partial charge >= 0.3 is 0 Å². The number of carbonyl (C=O) groups excluding carboxylic acids is 3. The lowest BCUT2D eigenvalue weighted by atomic mass is 9.81. The molecule has 26 heavy (non-hydrogen) atoms. The number of aryl methyl sites for hydroxylation is 2. The van der Waals surface area contributed by atoms with Crippen molar-refractivity contribution in [3.8, 4) is 0 Å². The lowest BCUT2D eigenvalue weighted by molar-refractivity contribution is -0.140. The molecule has 5 nitrogen and oxygen atoms in total. The van der Waals surface area contributed by atoms with Crippen molar-refractivity contribution < 1.29 is 14.4 Å². The van der Waals surface area contributed by atoms with E-state index in [-0.39, 0.29) is 42.5 Å². The van der Waals surface area contributed by atoms with Crippen LogP contribution >= 0.6 is 15.9 Å². The molecule has 0 radical (unpaired) electrons. The van der Waals surface area contributed by atoms with Gasteiger partial charge in [-0.25, -0.2) is 0 Å². The number of halogens is 1. The van der Waals surface area contributed by atoms with Crippen LogP contribution in [0.1, 0.15) is 36.8 Å². The van der Waals surface area contributed by atoms with Crippen molar-refractivity contribution in [1.29, 1.82) is 0 Å². The van der Waals surface area contributed by atoms with Gasteiger partial charge in [-0.2, -0.15) is 0 Å². The molecule has 1 aromatic carbocycles. The molecule has 4 atom stereocenters. The van der Waals surface area contributed by atoms with Gasteiger partial charge in [0, 0.05) is 23.1 Å². The van der Waals surface area contributed by atoms with Gasteiger partial charge < -0.3 is 5.32 Å². The van der Waals surface area contributed by atoms with E-state index in [4.69, 9.17) is 0 Å². The highest BCUT2D eigenvalue weighted by Gasteiger charge is 2.60. The van der Waals surface area contributed by atoms with Gasteiger partial charge in [-0.1, -0.05) is 15.9 Å². The van der Waals surface area contributed by atoms with Crippen molar-refractivity contribution in [1.82, 2.24) is 4.90 Å². The molecule has 3 amide bonds. The van der Waals surface area contributed by atoms with E-state index in [2.05, 4.69) is 21.2 Å². The van der Waals surface area contributed by atoms with Crippen LogP contribution in [0.3, 0.4) is 0 Å². The van der Waals surface area contributed by atoms with E-state index >= 15 is 0 Å².